The maximum Gasteiger partial charge on any atom is 0.0873 e. The highest BCUT2D eigenvalue weighted by Gasteiger charge is 2.05. The van der Waals surface area contributed by atoms with Gasteiger partial charge in [0, 0.05) is 30.0 Å². The fourth-order valence-corrected chi connectivity index (χ4v) is 2.00. The molecule has 0 saturated carbocycles. The van der Waals surface area contributed by atoms with Crippen LogP contribution < -0.4 is 5.32 Å². The van der Waals surface area contributed by atoms with Crippen LogP contribution in [0.4, 0.5) is 0 Å². The molecule has 0 fully saturated rings. The van der Waals surface area contributed by atoms with Crippen LogP contribution in [0.5, 0.6) is 0 Å². The van der Waals surface area contributed by atoms with Crippen molar-refractivity contribution in [2.45, 2.75) is 13.3 Å². The molecular weight excluding hydrogens is 291 g/mol. The molecule has 0 saturated heterocycles. The lowest BCUT2D eigenvalue weighted by Crippen LogP contribution is -1.96. The summed E-state index contributed by atoms with van der Waals surface area (Å²) < 4.78 is 0. The lowest BCUT2D eigenvalue weighted by Gasteiger charge is -2.05. The Morgan fingerprint density at radius 3 is 2.75 bits per heavy atom. The van der Waals surface area contributed by atoms with Crippen molar-refractivity contribution < 1.29 is 0 Å². The van der Waals surface area contributed by atoms with Gasteiger partial charge in [-0.2, -0.15) is 0 Å². The molecule has 0 aliphatic carbocycles. The zero-order chi connectivity index (χ0) is 14.8. The van der Waals surface area contributed by atoms with Crippen molar-refractivity contribution in [3.05, 3.63) is 64.3 Å². The maximum absolute atomic E-state index is 6.19. The monoisotopic (exact) mass is 308 g/mol. The van der Waals surface area contributed by atoms with Crippen LogP contribution in [0.2, 0.25) is 10.0 Å². The largest absolute Gasteiger partial charge is 0.392 e. The summed E-state index contributed by atoms with van der Waals surface area (Å²) in [5, 5.41) is 4.15. The predicted octanol–water partition coefficient (Wildman–Crippen LogP) is 5.10. The molecule has 2 nitrogen and oxygen atoms in total. The average Bonchev–Trinajstić information content (AvgIpc) is 2.42. The number of hydrogen-bond donors (Lipinski definition) is 1. The first-order valence-corrected chi connectivity index (χ1v) is 7.07. The van der Waals surface area contributed by atoms with Gasteiger partial charge in [0.05, 0.1) is 10.7 Å². The standard InChI is InChI=1S/C16H18Cl2N2/c1-3-4-5-6-7-10-20-16(12-19-2)14-9-8-13(17)11-15(14)18/h3-4,6-12,19H,5H2,1-2H3/b4-3-,7-6+,16-12-,20-10+. The van der Waals surface area contributed by atoms with E-state index in [4.69, 9.17) is 23.2 Å². The first-order valence-electron chi connectivity index (χ1n) is 6.32. The molecule has 0 spiro atoms. The number of aliphatic imine (C=N–C) groups is 1. The molecule has 4 heteroatoms. The molecule has 0 heterocycles. The van der Waals surface area contributed by atoms with Crippen LogP contribution in [0.1, 0.15) is 18.9 Å². The van der Waals surface area contributed by atoms with Gasteiger partial charge in [0.2, 0.25) is 0 Å². The summed E-state index contributed by atoms with van der Waals surface area (Å²) in [5.74, 6) is 0. The van der Waals surface area contributed by atoms with Crippen molar-refractivity contribution in [2.24, 2.45) is 4.99 Å². The Labute approximate surface area is 130 Å². The van der Waals surface area contributed by atoms with Crippen LogP contribution in [0.15, 0.2) is 53.7 Å². The second kappa shape index (κ2) is 9.40. The molecule has 1 rings (SSSR count). The second-order valence-electron chi connectivity index (χ2n) is 3.95. The summed E-state index contributed by atoms with van der Waals surface area (Å²) in [6, 6.07) is 5.36. The van der Waals surface area contributed by atoms with E-state index in [2.05, 4.69) is 16.4 Å². The van der Waals surface area contributed by atoms with Gasteiger partial charge in [0.15, 0.2) is 0 Å². The zero-order valence-corrected chi connectivity index (χ0v) is 13.1. The van der Waals surface area contributed by atoms with E-state index < -0.39 is 0 Å². The molecular formula is C16H18Cl2N2. The summed E-state index contributed by atoms with van der Waals surface area (Å²) in [7, 11) is 1.82. The Hall–Kier alpha value is -1.51. The highest BCUT2D eigenvalue weighted by atomic mass is 35.5. The van der Waals surface area contributed by atoms with E-state index in [0.717, 1.165) is 17.7 Å². The van der Waals surface area contributed by atoms with Gasteiger partial charge in [-0.25, -0.2) is 0 Å². The number of benzene rings is 1. The van der Waals surface area contributed by atoms with Crippen LogP contribution in [0.3, 0.4) is 0 Å². The van der Waals surface area contributed by atoms with E-state index in [9.17, 15) is 0 Å². The normalized spacial score (nSPS) is 12.9. The Kier molecular flexibility index (Phi) is 7.78. The van der Waals surface area contributed by atoms with Gasteiger partial charge in [-0.1, -0.05) is 41.4 Å². The molecule has 0 aromatic heterocycles. The number of halogens is 2. The molecule has 106 valence electrons. The van der Waals surface area contributed by atoms with Crippen LogP contribution in [0, 0.1) is 0 Å². The van der Waals surface area contributed by atoms with Crippen LogP contribution >= 0.6 is 23.2 Å². The van der Waals surface area contributed by atoms with E-state index in [1.165, 1.54) is 0 Å². The third-order valence-corrected chi connectivity index (χ3v) is 2.98. The smallest absolute Gasteiger partial charge is 0.0873 e. The first kappa shape index (κ1) is 16.5. The van der Waals surface area contributed by atoms with Crippen molar-refractivity contribution in [3.8, 4) is 0 Å². The van der Waals surface area contributed by atoms with Gasteiger partial charge in [0.1, 0.15) is 0 Å². The highest BCUT2D eigenvalue weighted by Crippen LogP contribution is 2.27. The Morgan fingerprint density at radius 2 is 2.10 bits per heavy atom. The van der Waals surface area contributed by atoms with Gasteiger partial charge in [0.25, 0.3) is 0 Å². The van der Waals surface area contributed by atoms with Gasteiger partial charge in [-0.05, 0) is 37.6 Å². The molecule has 1 N–H and O–H groups in total. The van der Waals surface area contributed by atoms with E-state index in [1.54, 1.807) is 24.5 Å². The lowest BCUT2D eigenvalue weighted by atomic mass is 10.1. The molecule has 0 amide bonds. The summed E-state index contributed by atoms with van der Waals surface area (Å²) in [5.41, 5.74) is 1.59. The minimum Gasteiger partial charge on any atom is -0.392 e. The maximum atomic E-state index is 6.19. The summed E-state index contributed by atoms with van der Waals surface area (Å²) in [4.78, 5) is 4.41. The van der Waals surface area contributed by atoms with Crippen molar-refractivity contribution in [2.75, 3.05) is 7.05 Å². The number of hydrogen-bond acceptors (Lipinski definition) is 2. The van der Waals surface area contributed by atoms with E-state index >= 15 is 0 Å². The SMILES string of the molecule is C/C=C\C/C=C/C=N/C(=C\NC)c1ccc(Cl)cc1Cl. The van der Waals surface area contributed by atoms with Crippen LogP contribution in [-0.2, 0) is 0 Å². The Bertz CT molecular complexity index is 543. The van der Waals surface area contributed by atoms with Crippen molar-refractivity contribution in [3.63, 3.8) is 0 Å². The molecule has 20 heavy (non-hydrogen) atoms. The fraction of sp³-hybridized carbons (Fsp3) is 0.188. The molecule has 1 aromatic carbocycles. The van der Waals surface area contributed by atoms with E-state index in [0.29, 0.717) is 10.0 Å². The van der Waals surface area contributed by atoms with Crippen molar-refractivity contribution >= 4 is 35.1 Å². The molecule has 1 aromatic rings. The molecule has 0 unspecified atom stereocenters. The Morgan fingerprint density at radius 1 is 1.30 bits per heavy atom. The van der Waals surface area contributed by atoms with Crippen molar-refractivity contribution in [1.82, 2.24) is 5.32 Å². The van der Waals surface area contributed by atoms with Gasteiger partial charge < -0.3 is 5.32 Å². The Balaban J connectivity index is 2.87. The molecule has 0 atom stereocenters. The topological polar surface area (TPSA) is 24.4 Å². The van der Waals surface area contributed by atoms with Gasteiger partial charge in [-0.3, -0.25) is 4.99 Å². The van der Waals surface area contributed by atoms with Gasteiger partial charge >= 0.3 is 0 Å². The molecule has 0 aliphatic heterocycles. The number of allylic oxidation sites excluding steroid dienone is 4. The minimum absolute atomic E-state index is 0.578. The minimum atomic E-state index is 0.578. The van der Waals surface area contributed by atoms with Gasteiger partial charge in [-0.15, -0.1) is 0 Å². The quantitative estimate of drug-likeness (QED) is 0.573. The average molecular weight is 309 g/mol. The van der Waals surface area contributed by atoms with E-state index in [1.807, 2.05) is 38.3 Å². The summed E-state index contributed by atoms with van der Waals surface area (Å²) in [6.07, 6.45) is 12.5. The van der Waals surface area contributed by atoms with Crippen molar-refractivity contribution in [1.29, 1.82) is 0 Å². The molecule has 0 bridgehead atoms. The summed E-state index contributed by atoms with van der Waals surface area (Å²) in [6.45, 7) is 2.00. The van der Waals surface area contributed by atoms with Crippen LogP contribution in [-0.4, -0.2) is 13.3 Å². The summed E-state index contributed by atoms with van der Waals surface area (Å²) >= 11 is 12.1. The first-order chi connectivity index (χ1) is 9.69. The number of rotatable bonds is 6. The van der Waals surface area contributed by atoms with E-state index in [-0.39, 0.29) is 0 Å². The van der Waals surface area contributed by atoms with Crippen LogP contribution in [0.25, 0.3) is 5.70 Å². The predicted molar refractivity (Wildman–Crippen MR) is 90.6 cm³/mol. The zero-order valence-electron chi connectivity index (χ0n) is 11.6. The highest BCUT2D eigenvalue weighted by molar-refractivity contribution is 6.35. The number of nitrogens with one attached hydrogen (secondary N) is 1. The molecule has 0 aliphatic rings. The third kappa shape index (κ3) is 5.64. The molecule has 0 radical (unpaired) electrons. The fourth-order valence-electron chi connectivity index (χ4n) is 1.50. The second-order valence-corrected chi connectivity index (χ2v) is 4.80. The lowest BCUT2D eigenvalue weighted by molar-refractivity contribution is 1.10. The number of nitrogens with zero attached hydrogens (tertiary/aromatic N) is 1. The third-order valence-electron chi connectivity index (χ3n) is 2.43.